The first-order valence-corrected chi connectivity index (χ1v) is 6.87. The maximum absolute atomic E-state index is 12.5. The van der Waals surface area contributed by atoms with Gasteiger partial charge in [-0.05, 0) is 42.3 Å². The number of aromatic nitrogens is 1. The molecule has 1 unspecified atom stereocenters. The Labute approximate surface area is 113 Å². The molecular weight excluding hydrogens is 236 g/mol. The number of fused-ring (bicyclic) bond motifs is 1. The Morgan fingerprint density at radius 2 is 2.21 bits per heavy atom. The molecule has 0 aliphatic carbocycles. The summed E-state index contributed by atoms with van der Waals surface area (Å²) < 4.78 is 0. The zero-order chi connectivity index (χ0) is 13.2. The van der Waals surface area contributed by atoms with Gasteiger partial charge in [0.25, 0.3) is 5.91 Å². The molecule has 19 heavy (non-hydrogen) atoms. The monoisotopic (exact) mass is 254 g/mol. The summed E-state index contributed by atoms with van der Waals surface area (Å²) in [6.07, 6.45) is 5.93. The Kier molecular flexibility index (Phi) is 3.20. The normalized spacial score (nSPS) is 19.6. The molecule has 1 fully saturated rings. The summed E-state index contributed by atoms with van der Waals surface area (Å²) in [7, 11) is 0. The van der Waals surface area contributed by atoms with Crippen molar-refractivity contribution >= 4 is 16.7 Å². The van der Waals surface area contributed by atoms with Crippen molar-refractivity contribution in [1.29, 1.82) is 0 Å². The van der Waals surface area contributed by atoms with Crippen LogP contribution in [0, 0.1) is 5.92 Å². The molecule has 3 heteroatoms. The van der Waals surface area contributed by atoms with E-state index in [1.165, 1.54) is 6.42 Å². The lowest BCUT2D eigenvalue weighted by atomic mass is 9.99. The molecular formula is C16H18N2O. The second-order valence-corrected chi connectivity index (χ2v) is 5.44. The zero-order valence-corrected chi connectivity index (χ0v) is 11.2. The van der Waals surface area contributed by atoms with Crippen LogP contribution in [0.5, 0.6) is 0 Å². The third-order valence-corrected chi connectivity index (χ3v) is 3.83. The minimum Gasteiger partial charge on any atom is -0.338 e. The fraction of sp³-hybridized carbons (Fsp3) is 0.375. The van der Waals surface area contributed by atoms with Crippen molar-refractivity contribution in [3.8, 4) is 0 Å². The average molecular weight is 254 g/mol. The highest BCUT2D eigenvalue weighted by Crippen LogP contribution is 2.20. The Morgan fingerprint density at radius 3 is 3.05 bits per heavy atom. The second-order valence-electron chi connectivity index (χ2n) is 5.44. The Balaban J connectivity index is 1.88. The van der Waals surface area contributed by atoms with Crippen LogP contribution in [0.15, 0.2) is 36.7 Å². The van der Waals surface area contributed by atoms with Gasteiger partial charge < -0.3 is 4.90 Å². The summed E-state index contributed by atoms with van der Waals surface area (Å²) >= 11 is 0. The number of rotatable bonds is 1. The summed E-state index contributed by atoms with van der Waals surface area (Å²) in [6.45, 7) is 3.98. The SMILES string of the molecule is CC1CCCN(C(=O)c2ccc3cnccc3c2)C1. The van der Waals surface area contributed by atoms with Crippen LogP contribution in [-0.2, 0) is 0 Å². The molecule has 0 radical (unpaired) electrons. The van der Waals surface area contributed by atoms with Crippen molar-refractivity contribution in [1.82, 2.24) is 9.88 Å². The minimum absolute atomic E-state index is 0.158. The highest BCUT2D eigenvalue weighted by atomic mass is 16.2. The molecule has 1 aromatic heterocycles. The van der Waals surface area contributed by atoms with Crippen LogP contribution in [0.2, 0.25) is 0 Å². The van der Waals surface area contributed by atoms with E-state index >= 15 is 0 Å². The maximum Gasteiger partial charge on any atom is 0.253 e. The van der Waals surface area contributed by atoms with Crippen LogP contribution in [0.25, 0.3) is 10.8 Å². The first-order chi connectivity index (χ1) is 9.24. The van der Waals surface area contributed by atoms with Crippen molar-refractivity contribution in [2.45, 2.75) is 19.8 Å². The fourth-order valence-electron chi connectivity index (χ4n) is 2.77. The van der Waals surface area contributed by atoms with Crippen molar-refractivity contribution in [2.75, 3.05) is 13.1 Å². The summed E-state index contributed by atoms with van der Waals surface area (Å²) in [6, 6.07) is 7.80. The van der Waals surface area contributed by atoms with Crippen molar-refractivity contribution < 1.29 is 4.79 Å². The summed E-state index contributed by atoms with van der Waals surface area (Å²) in [4.78, 5) is 18.6. The number of amides is 1. The first kappa shape index (κ1) is 12.2. The van der Waals surface area contributed by atoms with Crippen molar-refractivity contribution in [3.63, 3.8) is 0 Å². The maximum atomic E-state index is 12.5. The van der Waals surface area contributed by atoms with E-state index in [0.29, 0.717) is 5.92 Å². The third-order valence-electron chi connectivity index (χ3n) is 3.83. The van der Waals surface area contributed by atoms with Gasteiger partial charge in [-0.1, -0.05) is 13.0 Å². The largest absolute Gasteiger partial charge is 0.338 e. The summed E-state index contributed by atoms with van der Waals surface area (Å²) in [5.41, 5.74) is 0.785. The van der Waals surface area contributed by atoms with E-state index in [9.17, 15) is 4.79 Å². The molecule has 98 valence electrons. The topological polar surface area (TPSA) is 33.2 Å². The lowest BCUT2D eigenvalue weighted by Gasteiger charge is -2.31. The third kappa shape index (κ3) is 2.46. The van der Waals surface area contributed by atoms with E-state index in [2.05, 4.69) is 11.9 Å². The van der Waals surface area contributed by atoms with Crippen LogP contribution in [0.3, 0.4) is 0 Å². The van der Waals surface area contributed by atoms with Crippen LogP contribution in [0.1, 0.15) is 30.1 Å². The zero-order valence-electron chi connectivity index (χ0n) is 11.2. The van der Waals surface area contributed by atoms with Crippen LogP contribution >= 0.6 is 0 Å². The van der Waals surface area contributed by atoms with E-state index in [-0.39, 0.29) is 5.91 Å². The smallest absolute Gasteiger partial charge is 0.253 e. The molecule has 3 rings (SSSR count). The lowest BCUT2D eigenvalue weighted by molar-refractivity contribution is 0.0683. The minimum atomic E-state index is 0.158. The number of hydrogen-bond donors (Lipinski definition) is 0. The molecule has 0 spiro atoms. The van der Waals surface area contributed by atoms with Gasteiger partial charge in [0.2, 0.25) is 0 Å². The predicted molar refractivity (Wildman–Crippen MR) is 76.0 cm³/mol. The van der Waals surface area contributed by atoms with E-state index in [1.807, 2.05) is 35.4 Å². The quantitative estimate of drug-likeness (QED) is 0.783. The molecule has 1 amide bonds. The van der Waals surface area contributed by atoms with Gasteiger partial charge in [0.15, 0.2) is 0 Å². The molecule has 0 saturated carbocycles. The molecule has 0 bridgehead atoms. The van der Waals surface area contributed by atoms with Crippen molar-refractivity contribution in [2.24, 2.45) is 5.92 Å². The van der Waals surface area contributed by atoms with Gasteiger partial charge >= 0.3 is 0 Å². The summed E-state index contributed by atoms with van der Waals surface area (Å²) in [5, 5.41) is 2.15. The van der Waals surface area contributed by atoms with E-state index in [0.717, 1.165) is 35.8 Å². The number of hydrogen-bond acceptors (Lipinski definition) is 2. The summed E-state index contributed by atoms with van der Waals surface area (Å²) in [5.74, 6) is 0.771. The second kappa shape index (κ2) is 5.00. The molecule has 1 atom stereocenters. The van der Waals surface area contributed by atoms with Crippen molar-refractivity contribution in [3.05, 3.63) is 42.2 Å². The molecule has 2 heterocycles. The first-order valence-electron chi connectivity index (χ1n) is 6.87. The van der Waals surface area contributed by atoms with Gasteiger partial charge in [-0.25, -0.2) is 0 Å². The number of pyridine rings is 1. The lowest BCUT2D eigenvalue weighted by Crippen LogP contribution is -2.39. The van der Waals surface area contributed by atoms with Gasteiger partial charge in [0.05, 0.1) is 0 Å². The Morgan fingerprint density at radius 1 is 1.32 bits per heavy atom. The van der Waals surface area contributed by atoms with Crippen LogP contribution in [-0.4, -0.2) is 28.9 Å². The molecule has 0 N–H and O–H groups in total. The molecule has 2 aromatic rings. The Bertz CT molecular complexity index is 608. The van der Waals surface area contributed by atoms with Gasteiger partial charge in [0.1, 0.15) is 0 Å². The molecule has 1 saturated heterocycles. The van der Waals surface area contributed by atoms with Crippen LogP contribution < -0.4 is 0 Å². The highest BCUT2D eigenvalue weighted by Gasteiger charge is 2.21. The number of piperidine rings is 1. The fourth-order valence-corrected chi connectivity index (χ4v) is 2.77. The molecule has 3 nitrogen and oxygen atoms in total. The van der Waals surface area contributed by atoms with E-state index < -0.39 is 0 Å². The molecule has 1 aliphatic heterocycles. The predicted octanol–water partition coefficient (Wildman–Crippen LogP) is 3.11. The standard InChI is InChI=1S/C16H18N2O/c1-12-3-2-8-18(11-12)16(19)14-4-5-15-10-17-7-6-13(15)9-14/h4-7,9-10,12H,2-3,8,11H2,1H3. The van der Waals surface area contributed by atoms with Crippen LogP contribution in [0.4, 0.5) is 0 Å². The van der Waals surface area contributed by atoms with E-state index in [4.69, 9.17) is 0 Å². The van der Waals surface area contributed by atoms with Gasteiger partial charge in [-0.15, -0.1) is 0 Å². The van der Waals surface area contributed by atoms with E-state index in [1.54, 1.807) is 6.20 Å². The Hall–Kier alpha value is -1.90. The average Bonchev–Trinajstić information content (AvgIpc) is 2.46. The number of carbonyl (C=O) groups is 1. The number of nitrogens with zero attached hydrogens (tertiary/aromatic N) is 2. The molecule has 1 aliphatic rings. The molecule has 1 aromatic carbocycles. The number of carbonyl (C=O) groups excluding carboxylic acids is 1. The number of benzene rings is 1. The highest BCUT2D eigenvalue weighted by molar-refractivity contribution is 5.98. The van der Waals surface area contributed by atoms with Gasteiger partial charge in [0, 0.05) is 36.4 Å². The van der Waals surface area contributed by atoms with Gasteiger partial charge in [-0.3, -0.25) is 9.78 Å². The van der Waals surface area contributed by atoms with Gasteiger partial charge in [-0.2, -0.15) is 0 Å². The number of likely N-dealkylation sites (tertiary alicyclic amines) is 1.